The van der Waals surface area contributed by atoms with Gasteiger partial charge in [-0.15, -0.1) is 0 Å². The van der Waals surface area contributed by atoms with Gasteiger partial charge in [0.1, 0.15) is 11.9 Å². The summed E-state index contributed by atoms with van der Waals surface area (Å²) >= 11 is 1.54. The Hall–Kier alpha value is -1.82. The first-order valence-corrected chi connectivity index (χ1v) is 9.55. The van der Waals surface area contributed by atoms with Crippen LogP contribution in [-0.4, -0.2) is 42.1 Å². The fourth-order valence-corrected chi connectivity index (χ4v) is 3.90. The summed E-state index contributed by atoms with van der Waals surface area (Å²) in [5.41, 5.74) is 0.963. The van der Waals surface area contributed by atoms with Crippen LogP contribution < -0.4 is 9.47 Å². The number of benzene rings is 1. The Morgan fingerprint density at radius 3 is 2.68 bits per heavy atom. The predicted octanol–water partition coefficient (Wildman–Crippen LogP) is 4.11. The van der Waals surface area contributed by atoms with E-state index in [0.29, 0.717) is 11.6 Å². The molecule has 2 heterocycles. The molecule has 0 bridgehead atoms. The highest BCUT2D eigenvalue weighted by atomic mass is 32.1. The summed E-state index contributed by atoms with van der Waals surface area (Å²) < 4.78 is 12.4. The van der Waals surface area contributed by atoms with Crippen molar-refractivity contribution < 1.29 is 14.3 Å². The average Bonchev–Trinajstić information content (AvgIpc) is 2.95. The fourth-order valence-electron chi connectivity index (χ4n) is 2.99. The number of thiazole rings is 1. The number of nitrogens with zero attached hydrogens (tertiary/aromatic N) is 2. The number of piperidine rings is 1. The van der Waals surface area contributed by atoms with Gasteiger partial charge in [0.25, 0.3) is 5.19 Å². The van der Waals surface area contributed by atoms with Gasteiger partial charge in [-0.05, 0) is 23.6 Å². The lowest BCUT2D eigenvalue weighted by molar-refractivity contribution is -0.134. The highest BCUT2D eigenvalue weighted by Crippen LogP contribution is 2.32. The largest absolute Gasteiger partial charge is 0.497 e. The molecule has 2 aromatic rings. The summed E-state index contributed by atoms with van der Waals surface area (Å²) in [6, 6.07) is 5.84. The summed E-state index contributed by atoms with van der Waals surface area (Å²) in [6.07, 6.45) is 2.43. The molecule has 1 aliphatic rings. The number of amides is 1. The van der Waals surface area contributed by atoms with Gasteiger partial charge in [0.15, 0.2) is 0 Å². The number of rotatable bonds is 4. The molecule has 1 aromatic heterocycles. The van der Waals surface area contributed by atoms with Gasteiger partial charge in [-0.3, -0.25) is 4.79 Å². The number of hydrogen-bond acceptors (Lipinski definition) is 5. The summed E-state index contributed by atoms with van der Waals surface area (Å²) in [6.45, 7) is 7.82. The second-order valence-electron chi connectivity index (χ2n) is 7.75. The molecule has 1 amide bonds. The predicted molar refractivity (Wildman–Crippen MR) is 100 cm³/mol. The molecule has 1 fully saturated rings. The Morgan fingerprint density at radius 2 is 2.04 bits per heavy atom. The van der Waals surface area contributed by atoms with Gasteiger partial charge in [-0.2, -0.15) is 0 Å². The van der Waals surface area contributed by atoms with Crippen molar-refractivity contribution in [1.82, 2.24) is 9.88 Å². The van der Waals surface area contributed by atoms with E-state index in [1.165, 1.54) is 0 Å². The molecule has 3 rings (SSSR count). The number of methoxy groups -OCH3 is 1. The Kier molecular flexibility index (Phi) is 5.18. The number of ether oxygens (including phenoxy) is 2. The molecule has 0 atom stereocenters. The highest BCUT2D eigenvalue weighted by molar-refractivity contribution is 7.20. The van der Waals surface area contributed by atoms with Crippen molar-refractivity contribution in [1.29, 1.82) is 0 Å². The van der Waals surface area contributed by atoms with E-state index in [0.717, 1.165) is 41.9 Å². The van der Waals surface area contributed by atoms with Crippen LogP contribution >= 0.6 is 11.3 Å². The molecule has 1 saturated heterocycles. The van der Waals surface area contributed by atoms with Crippen LogP contribution in [0.2, 0.25) is 0 Å². The molecule has 0 unspecified atom stereocenters. The summed E-state index contributed by atoms with van der Waals surface area (Å²) in [7, 11) is 1.66. The van der Waals surface area contributed by atoms with Crippen molar-refractivity contribution in [2.24, 2.45) is 5.41 Å². The van der Waals surface area contributed by atoms with Crippen LogP contribution in [0.25, 0.3) is 10.2 Å². The van der Waals surface area contributed by atoms with Crippen molar-refractivity contribution in [3.8, 4) is 10.9 Å². The molecule has 0 spiro atoms. The monoisotopic (exact) mass is 362 g/mol. The van der Waals surface area contributed by atoms with Crippen molar-refractivity contribution in [2.75, 3.05) is 20.2 Å². The van der Waals surface area contributed by atoms with E-state index in [4.69, 9.17) is 9.47 Å². The van der Waals surface area contributed by atoms with Crippen molar-refractivity contribution >= 4 is 27.5 Å². The maximum absolute atomic E-state index is 12.3. The first kappa shape index (κ1) is 18.0. The van der Waals surface area contributed by atoms with E-state index in [-0.39, 0.29) is 17.4 Å². The van der Waals surface area contributed by atoms with Gasteiger partial charge in [0, 0.05) is 32.4 Å². The molecule has 0 aliphatic carbocycles. The minimum atomic E-state index is 0.0342. The molecule has 136 valence electrons. The van der Waals surface area contributed by atoms with Crippen LogP contribution in [0.5, 0.6) is 10.9 Å². The van der Waals surface area contributed by atoms with Crippen LogP contribution in [0.4, 0.5) is 0 Å². The molecule has 6 heteroatoms. The quantitative estimate of drug-likeness (QED) is 0.821. The van der Waals surface area contributed by atoms with Gasteiger partial charge >= 0.3 is 0 Å². The zero-order valence-electron chi connectivity index (χ0n) is 15.4. The SMILES string of the molecule is COc1ccc2nc(OC3CCN(C(=O)CC(C)(C)C)CC3)sc2c1. The number of likely N-dealkylation sites (tertiary alicyclic amines) is 1. The minimum absolute atomic E-state index is 0.0342. The molecular formula is C19H26N2O3S. The third kappa shape index (κ3) is 4.63. The zero-order valence-corrected chi connectivity index (χ0v) is 16.2. The van der Waals surface area contributed by atoms with Gasteiger partial charge in [-0.25, -0.2) is 4.98 Å². The first-order valence-electron chi connectivity index (χ1n) is 8.73. The van der Waals surface area contributed by atoms with Crippen LogP contribution in [0.3, 0.4) is 0 Å². The third-order valence-corrected chi connectivity index (χ3v) is 5.23. The summed E-state index contributed by atoms with van der Waals surface area (Å²) in [5, 5.41) is 0.697. The van der Waals surface area contributed by atoms with E-state index < -0.39 is 0 Å². The Labute approximate surface area is 152 Å². The lowest BCUT2D eigenvalue weighted by Crippen LogP contribution is -2.42. The lowest BCUT2D eigenvalue weighted by Gasteiger charge is -2.33. The van der Waals surface area contributed by atoms with Gasteiger partial charge in [0.2, 0.25) is 5.91 Å². The molecule has 0 N–H and O–H groups in total. The molecular weight excluding hydrogens is 336 g/mol. The zero-order chi connectivity index (χ0) is 18.0. The maximum atomic E-state index is 12.3. The number of carbonyl (C=O) groups excluding carboxylic acids is 1. The standard InChI is InChI=1S/C19H26N2O3S/c1-19(2,3)12-17(22)21-9-7-13(8-10-21)24-18-20-15-6-5-14(23-4)11-16(15)25-18/h5-6,11,13H,7-10,12H2,1-4H3. The normalized spacial score (nSPS) is 16.2. The van der Waals surface area contributed by atoms with E-state index in [1.807, 2.05) is 23.1 Å². The van der Waals surface area contributed by atoms with Crippen LogP contribution in [0, 0.1) is 5.41 Å². The molecule has 1 aromatic carbocycles. The van der Waals surface area contributed by atoms with E-state index in [2.05, 4.69) is 25.8 Å². The van der Waals surface area contributed by atoms with Crippen LogP contribution in [0.1, 0.15) is 40.0 Å². The van der Waals surface area contributed by atoms with Crippen molar-refractivity contribution in [3.63, 3.8) is 0 Å². The number of carbonyl (C=O) groups is 1. The number of aromatic nitrogens is 1. The maximum Gasteiger partial charge on any atom is 0.274 e. The van der Waals surface area contributed by atoms with Crippen molar-refractivity contribution in [2.45, 2.75) is 46.1 Å². The second-order valence-corrected chi connectivity index (χ2v) is 8.74. The molecule has 0 radical (unpaired) electrons. The first-order chi connectivity index (χ1) is 11.8. The Morgan fingerprint density at radius 1 is 1.32 bits per heavy atom. The lowest BCUT2D eigenvalue weighted by atomic mass is 9.91. The summed E-state index contributed by atoms with van der Waals surface area (Å²) in [5.74, 6) is 1.08. The Balaban J connectivity index is 1.56. The van der Waals surface area contributed by atoms with Crippen LogP contribution in [0.15, 0.2) is 18.2 Å². The summed E-state index contributed by atoms with van der Waals surface area (Å²) in [4.78, 5) is 18.8. The van der Waals surface area contributed by atoms with Crippen LogP contribution in [-0.2, 0) is 4.79 Å². The highest BCUT2D eigenvalue weighted by Gasteiger charge is 2.27. The molecule has 25 heavy (non-hydrogen) atoms. The van der Waals surface area contributed by atoms with E-state index >= 15 is 0 Å². The average molecular weight is 362 g/mol. The van der Waals surface area contributed by atoms with Gasteiger partial charge in [0.05, 0.1) is 17.3 Å². The second kappa shape index (κ2) is 7.20. The topological polar surface area (TPSA) is 51.7 Å². The third-order valence-electron chi connectivity index (χ3n) is 4.32. The van der Waals surface area contributed by atoms with Crippen molar-refractivity contribution in [3.05, 3.63) is 18.2 Å². The number of hydrogen-bond donors (Lipinski definition) is 0. The Bertz CT molecular complexity index is 743. The van der Waals surface area contributed by atoms with E-state index in [9.17, 15) is 4.79 Å². The van der Waals surface area contributed by atoms with E-state index in [1.54, 1.807) is 18.4 Å². The molecule has 5 nitrogen and oxygen atoms in total. The van der Waals surface area contributed by atoms with Gasteiger partial charge < -0.3 is 14.4 Å². The fraction of sp³-hybridized carbons (Fsp3) is 0.579. The smallest absolute Gasteiger partial charge is 0.274 e. The minimum Gasteiger partial charge on any atom is -0.497 e. The molecule has 0 saturated carbocycles. The van der Waals surface area contributed by atoms with Gasteiger partial charge in [-0.1, -0.05) is 32.1 Å². The number of fused-ring (bicyclic) bond motifs is 1. The molecule has 1 aliphatic heterocycles.